The Bertz CT molecular complexity index is 851. The summed E-state index contributed by atoms with van der Waals surface area (Å²) in [5, 5.41) is 0. The number of methoxy groups -OCH3 is 2. The lowest BCUT2D eigenvalue weighted by molar-refractivity contribution is 0.200. The molecule has 26 heavy (non-hydrogen) atoms. The summed E-state index contributed by atoms with van der Waals surface area (Å²) in [5.74, 6) is 3.25. The highest BCUT2D eigenvalue weighted by atomic mass is 16.5. The van der Waals surface area contributed by atoms with Gasteiger partial charge in [0, 0.05) is 30.3 Å². The fraction of sp³-hybridized carbons (Fsp3) is 0.400. The summed E-state index contributed by atoms with van der Waals surface area (Å²) in [7, 11) is 3.38. The third-order valence-corrected chi connectivity index (χ3v) is 5.14. The van der Waals surface area contributed by atoms with Crippen molar-refractivity contribution >= 4 is 11.2 Å². The maximum absolute atomic E-state index is 5.52. The summed E-state index contributed by atoms with van der Waals surface area (Å²) in [5.41, 5.74) is 3.03. The molecule has 3 heterocycles. The molecule has 1 aromatic carbocycles. The number of H-pyrrole nitrogens is 1. The largest absolute Gasteiger partial charge is 0.497 e. The summed E-state index contributed by atoms with van der Waals surface area (Å²) in [6, 6.07) is 10.0. The van der Waals surface area contributed by atoms with Crippen molar-refractivity contribution in [3.05, 3.63) is 47.9 Å². The monoisotopic (exact) mass is 352 g/mol. The molecule has 136 valence electrons. The van der Waals surface area contributed by atoms with Crippen LogP contribution in [0.2, 0.25) is 0 Å². The Morgan fingerprint density at radius 3 is 2.73 bits per heavy atom. The molecule has 0 bridgehead atoms. The van der Waals surface area contributed by atoms with Crippen molar-refractivity contribution in [3.8, 4) is 11.5 Å². The molecule has 6 heteroatoms. The summed E-state index contributed by atoms with van der Waals surface area (Å²) < 4.78 is 10.8. The molecule has 0 saturated carbocycles. The van der Waals surface area contributed by atoms with Gasteiger partial charge in [-0.25, -0.2) is 9.97 Å². The summed E-state index contributed by atoms with van der Waals surface area (Å²) >= 11 is 0. The number of aromatic amines is 1. The van der Waals surface area contributed by atoms with Crippen LogP contribution in [0.15, 0.2) is 36.5 Å². The van der Waals surface area contributed by atoms with Crippen molar-refractivity contribution in [3.63, 3.8) is 0 Å². The average molecular weight is 352 g/mol. The summed E-state index contributed by atoms with van der Waals surface area (Å²) in [6.07, 6.45) is 3.98. The van der Waals surface area contributed by atoms with Gasteiger partial charge >= 0.3 is 0 Å². The van der Waals surface area contributed by atoms with Gasteiger partial charge < -0.3 is 14.5 Å². The summed E-state index contributed by atoms with van der Waals surface area (Å²) in [6.45, 7) is 2.98. The molecule has 0 aliphatic carbocycles. The molecule has 0 atom stereocenters. The van der Waals surface area contributed by atoms with Crippen LogP contribution in [0.25, 0.3) is 11.2 Å². The zero-order chi connectivity index (χ0) is 17.9. The van der Waals surface area contributed by atoms with E-state index in [1.54, 1.807) is 20.4 Å². The number of aromatic nitrogens is 3. The molecular weight excluding hydrogens is 328 g/mol. The minimum absolute atomic E-state index is 0.471. The molecular formula is C20H24N4O2. The summed E-state index contributed by atoms with van der Waals surface area (Å²) in [4.78, 5) is 14.9. The second kappa shape index (κ2) is 7.33. The quantitative estimate of drug-likeness (QED) is 0.763. The Labute approximate surface area is 153 Å². The van der Waals surface area contributed by atoms with Gasteiger partial charge in [0.25, 0.3) is 0 Å². The zero-order valence-corrected chi connectivity index (χ0v) is 15.2. The van der Waals surface area contributed by atoms with Gasteiger partial charge in [-0.05, 0) is 44.1 Å². The van der Waals surface area contributed by atoms with Crippen LogP contribution >= 0.6 is 0 Å². The van der Waals surface area contributed by atoms with Crippen molar-refractivity contribution in [1.82, 2.24) is 19.9 Å². The van der Waals surface area contributed by atoms with Crippen molar-refractivity contribution in [2.45, 2.75) is 25.3 Å². The van der Waals surface area contributed by atoms with E-state index in [4.69, 9.17) is 9.47 Å². The van der Waals surface area contributed by atoms with E-state index in [9.17, 15) is 0 Å². The molecule has 4 rings (SSSR count). The Morgan fingerprint density at radius 1 is 1.15 bits per heavy atom. The van der Waals surface area contributed by atoms with Crippen molar-refractivity contribution in [2.75, 3.05) is 27.3 Å². The maximum atomic E-state index is 5.52. The Balaban J connectivity index is 1.40. The van der Waals surface area contributed by atoms with Crippen molar-refractivity contribution in [2.24, 2.45) is 0 Å². The Morgan fingerprint density at radius 2 is 2.00 bits per heavy atom. The van der Waals surface area contributed by atoms with Gasteiger partial charge in [-0.15, -0.1) is 0 Å². The number of hydrogen-bond donors (Lipinski definition) is 1. The number of benzene rings is 1. The van der Waals surface area contributed by atoms with E-state index in [1.807, 2.05) is 24.3 Å². The predicted octanol–water partition coefficient (Wildman–Crippen LogP) is 3.35. The maximum Gasteiger partial charge on any atom is 0.177 e. The average Bonchev–Trinajstić information content (AvgIpc) is 3.13. The van der Waals surface area contributed by atoms with E-state index in [2.05, 4.69) is 25.9 Å². The van der Waals surface area contributed by atoms with Gasteiger partial charge in [-0.3, -0.25) is 4.90 Å². The number of fused-ring (bicyclic) bond motifs is 1. The lowest BCUT2D eigenvalue weighted by Gasteiger charge is -2.31. The number of ether oxygens (including phenoxy) is 2. The van der Waals surface area contributed by atoms with Crippen molar-refractivity contribution in [1.29, 1.82) is 0 Å². The molecule has 3 aromatic rings. The first-order chi connectivity index (χ1) is 12.8. The molecule has 2 aromatic heterocycles. The molecule has 0 radical (unpaired) electrons. The number of nitrogens with zero attached hydrogens (tertiary/aromatic N) is 3. The molecule has 6 nitrogen and oxygen atoms in total. The normalized spacial score (nSPS) is 16.1. The van der Waals surface area contributed by atoms with E-state index in [0.717, 1.165) is 61.0 Å². The molecule has 1 N–H and O–H groups in total. The van der Waals surface area contributed by atoms with E-state index in [-0.39, 0.29) is 0 Å². The van der Waals surface area contributed by atoms with Crippen LogP contribution in [-0.2, 0) is 6.54 Å². The third kappa shape index (κ3) is 3.37. The number of likely N-dealkylation sites (tertiary alicyclic amines) is 1. The van der Waals surface area contributed by atoms with Crippen LogP contribution in [0, 0.1) is 0 Å². The zero-order valence-electron chi connectivity index (χ0n) is 15.2. The molecule has 1 saturated heterocycles. The van der Waals surface area contributed by atoms with Gasteiger partial charge in [0.05, 0.1) is 19.7 Å². The number of pyridine rings is 1. The lowest BCUT2D eigenvalue weighted by Crippen LogP contribution is -2.32. The predicted molar refractivity (Wildman–Crippen MR) is 101 cm³/mol. The number of piperidine rings is 1. The fourth-order valence-electron chi connectivity index (χ4n) is 3.64. The van der Waals surface area contributed by atoms with Gasteiger partial charge in [0.2, 0.25) is 0 Å². The van der Waals surface area contributed by atoms with E-state index < -0.39 is 0 Å². The van der Waals surface area contributed by atoms with Crippen molar-refractivity contribution < 1.29 is 9.47 Å². The SMILES string of the molecule is COc1ccc(CN2CCC(c3nc4ncccc4[nH]3)CC2)c(OC)c1. The van der Waals surface area contributed by atoms with Crippen LogP contribution in [0.3, 0.4) is 0 Å². The highest BCUT2D eigenvalue weighted by Crippen LogP contribution is 2.30. The number of rotatable bonds is 5. The molecule has 1 fully saturated rings. The molecule has 1 aliphatic heterocycles. The molecule has 0 unspecified atom stereocenters. The molecule has 1 aliphatic rings. The van der Waals surface area contributed by atoms with Gasteiger partial charge in [-0.1, -0.05) is 6.07 Å². The first-order valence-electron chi connectivity index (χ1n) is 9.00. The van der Waals surface area contributed by atoms with Crippen LogP contribution in [0.5, 0.6) is 11.5 Å². The number of nitrogens with one attached hydrogen (secondary N) is 1. The first-order valence-corrected chi connectivity index (χ1v) is 9.00. The second-order valence-corrected chi connectivity index (χ2v) is 6.72. The second-order valence-electron chi connectivity index (χ2n) is 6.72. The van der Waals surface area contributed by atoms with Gasteiger partial charge in [0.15, 0.2) is 5.65 Å². The van der Waals surface area contributed by atoms with Gasteiger partial charge in [-0.2, -0.15) is 0 Å². The fourth-order valence-corrected chi connectivity index (χ4v) is 3.64. The highest BCUT2D eigenvalue weighted by molar-refractivity contribution is 5.70. The molecule has 0 amide bonds. The first kappa shape index (κ1) is 16.8. The number of hydrogen-bond acceptors (Lipinski definition) is 5. The smallest absolute Gasteiger partial charge is 0.177 e. The van der Waals surface area contributed by atoms with Gasteiger partial charge in [0.1, 0.15) is 17.3 Å². The van der Waals surface area contributed by atoms with Crippen LogP contribution < -0.4 is 9.47 Å². The lowest BCUT2D eigenvalue weighted by atomic mass is 9.96. The topological polar surface area (TPSA) is 63.3 Å². The number of imidazole rings is 1. The van der Waals surface area contributed by atoms with Crippen LogP contribution in [0.1, 0.15) is 30.1 Å². The van der Waals surface area contributed by atoms with E-state index in [0.29, 0.717) is 5.92 Å². The Hall–Kier alpha value is -2.60. The van der Waals surface area contributed by atoms with E-state index >= 15 is 0 Å². The van der Waals surface area contributed by atoms with Crippen LogP contribution in [-0.4, -0.2) is 47.2 Å². The standard InChI is InChI=1S/C20H24N4O2/c1-25-16-6-5-15(18(12-16)26-2)13-24-10-7-14(8-11-24)19-22-17-4-3-9-21-20(17)23-19/h3-6,9,12,14H,7-8,10-11,13H2,1-2H3,(H,21,22,23). The van der Waals surface area contributed by atoms with E-state index in [1.165, 1.54) is 5.56 Å². The highest BCUT2D eigenvalue weighted by Gasteiger charge is 2.24. The minimum Gasteiger partial charge on any atom is -0.497 e. The third-order valence-electron chi connectivity index (χ3n) is 5.14. The minimum atomic E-state index is 0.471. The molecule has 0 spiro atoms. The Kier molecular flexibility index (Phi) is 4.75. The van der Waals surface area contributed by atoms with Crippen LogP contribution in [0.4, 0.5) is 0 Å².